The Morgan fingerprint density at radius 2 is 2.19 bits per heavy atom. The van der Waals surface area contributed by atoms with E-state index in [4.69, 9.17) is 11.6 Å². The summed E-state index contributed by atoms with van der Waals surface area (Å²) in [5.74, 6) is -0.340. The van der Waals surface area contributed by atoms with E-state index >= 15 is 0 Å². The minimum Gasteiger partial charge on any atom is -0.465 e. The molecule has 2 nitrogen and oxygen atoms in total. The first-order valence-electron chi connectivity index (χ1n) is 4.63. The van der Waals surface area contributed by atoms with Crippen molar-refractivity contribution >= 4 is 28.9 Å². The highest BCUT2D eigenvalue weighted by Gasteiger charge is 2.09. The topological polar surface area (TPSA) is 26.3 Å². The molecule has 0 unspecified atom stereocenters. The Labute approximate surface area is 102 Å². The van der Waals surface area contributed by atoms with Gasteiger partial charge in [-0.1, -0.05) is 23.7 Å². The van der Waals surface area contributed by atoms with E-state index in [0.717, 1.165) is 11.1 Å². The lowest BCUT2D eigenvalue weighted by atomic mass is 10.1. The highest BCUT2D eigenvalue weighted by molar-refractivity contribution is 7.09. The molecule has 0 saturated carbocycles. The number of hydrogen-bond acceptors (Lipinski definition) is 3. The number of thiophene rings is 1. The summed E-state index contributed by atoms with van der Waals surface area (Å²) in [4.78, 5) is 11.4. The van der Waals surface area contributed by atoms with Gasteiger partial charge < -0.3 is 4.74 Å². The van der Waals surface area contributed by atoms with Gasteiger partial charge in [0.05, 0.1) is 17.7 Å². The zero-order valence-electron chi connectivity index (χ0n) is 8.57. The molecule has 0 fully saturated rings. The number of carbonyl (C=O) groups is 1. The summed E-state index contributed by atoms with van der Waals surface area (Å²) in [5.41, 5.74) is 2.40. The van der Waals surface area contributed by atoms with Gasteiger partial charge in [-0.15, -0.1) is 0 Å². The maximum absolute atomic E-state index is 11.4. The zero-order chi connectivity index (χ0) is 11.5. The van der Waals surface area contributed by atoms with Gasteiger partial charge in [-0.3, -0.25) is 0 Å². The fraction of sp³-hybridized carbons (Fsp3) is 0.0833. The molecule has 16 heavy (non-hydrogen) atoms. The Kier molecular flexibility index (Phi) is 3.27. The second-order valence-corrected chi connectivity index (χ2v) is 4.36. The molecule has 0 aliphatic rings. The van der Waals surface area contributed by atoms with E-state index in [-0.39, 0.29) is 5.97 Å². The number of esters is 1. The van der Waals surface area contributed by atoms with E-state index in [9.17, 15) is 4.79 Å². The van der Waals surface area contributed by atoms with Crippen LogP contribution in [0.4, 0.5) is 0 Å². The molecule has 0 N–H and O–H groups in total. The van der Waals surface area contributed by atoms with Crippen molar-refractivity contribution in [1.82, 2.24) is 0 Å². The zero-order valence-corrected chi connectivity index (χ0v) is 10.1. The number of rotatable bonds is 2. The molecule has 4 heteroatoms. The van der Waals surface area contributed by atoms with Gasteiger partial charge in [-0.05, 0) is 17.7 Å². The predicted octanol–water partition coefficient (Wildman–Crippen LogP) is 3.86. The summed E-state index contributed by atoms with van der Waals surface area (Å²) in [6.07, 6.45) is 0. The van der Waals surface area contributed by atoms with Gasteiger partial charge in [0.2, 0.25) is 0 Å². The van der Waals surface area contributed by atoms with Crippen molar-refractivity contribution in [3.63, 3.8) is 0 Å². The summed E-state index contributed by atoms with van der Waals surface area (Å²) in [7, 11) is 1.37. The van der Waals surface area contributed by atoms with Crippen LogP contribution in [0, 0.1) is 0 Å². The first-order chi connectivity index (χ1) is 7.72. The van der Waals surface area contributed by atoms with Crippen molar-refractivity contribution in [2.75, 3.05) is 7.11 Å². The summed E-state index contributed by atoms with van der Waals surface area (Å²) >= 11 is 7.57. The molecule has 0 aliphatic heterocycles. The molecule has 0 spiro atoms. The van der Waals surface area contributed by atoms with Gasteiger partial charge in [0.1, 0.15) is 0 Å². The molecule has 82 valence electrons. The second-order valence-electron chi connectivity index (χ2n) is 3.21. The molecule has 0 aliphatic carbocycles. The van der Waals surface area contributed by atoms with E-state index in [0.29, 0.717) is 10.6 Å². The van der Waals surface area contributed by atoms with Crippen LogP contribution in [0.1, 0.15) is 10.4 Å². The smallest absolute Gasteiger partial charge is 0.337 e. The number of ether oxygens (including phenoxy) is 1. The van der Waals surface area contributed by atoms with Crippen molar-refractivity contribution in [3.8, 4) is 11.1 Å². The largest absolute Gasteiger partial charge is 0.465 e. The highest BCUT2D eigenvalue weighted by atomic mass is 35.5. The quantitative estimate of drug-likeness (QED) is 0.759. The van der Waals surface area contributed by atoms with E-state index in [2.05, 4.69) is 4.74 Å². The maximum Gasteiger partial charge on any atom is 0.337 e. The summed E-state index contributed by atoms with van der Waals surface area (Å²) in [6.45, 7) is 0. The third-order valence-corrected chi connectivity index (χ3v) is 3.40. The van der Waals surface area contributed by atoms with Crippen LogP contribution in [-0.2, 0) is 4.74 Å². The highest BCUT2D eigenvalue weighted by Crippen LogP contribution is 2.31. The molecule has 0 saturated heterocycles. The second kappa shape index (κ2) is 4.68. The number of methoxy groups -OCH3 is 1. The van der Waals surface area contributed by atoms with Gasteiger partial charge in [0.15, 0.2) is 0 Å². The maximum atomic E-state index is 11.4. The monoisotopic (exact) mass is 252 g/mol. The number of halogens is 1. The molecule has 1 aromatic carbocycles. The van der Waals surface area contributed by atoms with E-state index in [1.165, 1.54) is 18.4 Å². The normalized spacial score (nSPS) is 10.1. The van der Waals surface area contributed by atoms with Crippen LogP contribution in [0.3, 0.4) is 0 Å². The Hall–Kier alpha value is -1.32. The molecule has 0 bridgehead atoms. The minimum atomic E-state index is -0.340. The van der Waals surface area contributed by atoms with Gasteiger partial charge >= 0.3 is 5.97 Å². The first-order valence-corrected chi connectivity index (χ1v) is 5.95. The Morgan fingerprint density at radius 1 is 1.38 bits per heavy atom. The lowest BCUT2D eigenvalue weighted by Crippen LogP contribution is -2.00. The average molecular weight is 253 g/mol. The number of hydrogen-bond donors (Lipinski definition) is 0. The van der Waals surface area contributed by atoms with E-state index < -0.39 is 0 Å². The van der Waals surface area contributed by atoms with Crippen molar-refractivity contribution < 1.29 is 9.53 Å². The molecule has 0 atom stereocenters. The third-order valence-electron chi connectivity index (χ3n) is 2.21. The van der Waals surface area contributed by atoms with Crippen LogP contribution < -0.4 is 0 Å². The van der Waals surface area contributed by atoms with Crippen LogP contribution in [0.5, 0.6) is 0 Å². The van der Waals surface area contributed by atoms with E-state index in [1.54, 1.807) is 12.1 Å². The molecule has 0 amide bonds. The molecular formula is C12H9ClO2S. The Balaban J connectivity index is 2.44. The fourth-order valence-corrected chi connectivity index (χ4v) is 2.52. The lowest BCUT2D eigenvalue weighted by Gasteiger charge is -2.02. The van der Waals surface area contributed by atoms with Crippen LogP contribution in [0.2, 0.25) is 5.02 Å². The molecule has 2 aromatic rings. The van der Waals surface area contributed by atoms with Gasteiger partial charge in [-0.2, -0.15) is 11.3 Å². The number of carbonyl (C=O) groups excluding carboxylic acids is 1. The number of benzene rings is 1. The third kappa shape index (κ3) is 2.10. The van der Waals surface area contributed by atoms with Crippen LogP contribution in [-0.4, -0.2) is 13.1 Å². The van der Waals surface area contributed by atoms with Crippen molar-refractivity contribution in [1.29, 1.82) is 0 Å². The van der Waals surface area contributed by atoms with E-state index in [1.807, 2.05) is 22.9 Å². The van der Waals surface area contributed by atoms with Gasteiger partial charge in [-0.25, -0.2) is 4.79 Å². The Morgan fingerprint density at radius 3 is 2.81 bits per heavy atom. The predicted molar refractivity (Wildman–Crippen MR) is 66.1 cm³/mol. The van der Waals surface area contributed by atoms with Gasteiger partial charge in [0, 0.05) is 16.3 Å². The lowest BCUT2D eigenvalue weighted by molar-refractivity contribution is 0.0601. The Bertz CT molecular complexity index is 519. The molecule has 1 aromatic heterocycles. The standard InChI is InChI=1S/C12H9ClO2S/c1-15-12(14)9-4-2-3-8(5-9)10-6-16-7-11(10)13/h2-7H,1H3. The van der Waals surface area contributed by atoms with Crippen LogP contribution in [0.25, 0.3) is 11.1 Å². The minimum absolute atomic E-state index is 0.340. The van der Waals surface area contributed by atoms with Crippen molar-refractivity contribution in [3.05, 3.63) is 45.6 Å². The molecular weight excluding hydrogens is 244 g/mol. The van der Waals surface area contributed by atoms with Crippen molar-refractivity contribution in [2.45, 2.75) is 0 Å². The summed E-state index contributed by atoms with van der Waals surface area (Å²) in [6, 6.07) is 7.23. The summed E-state index contributed by atoms with van der Waals surface area (Å²) in [5, 5.41) is 4.52. The molecule has 2 rings (SSSR count). The SMILES string of the molecule is COC(=O)c1cccc(-c2cscc2Cl)c1. The first kappa shape index (κ1) is 11.2. The van der Waals surface area contributed by atoms with Crippen LogP contribution in [0.15, 0.2) is 35.0 Å². The van der Waals surface area contributed by atoms with Crippen molar-refractivity contribution in [2.24, 2.45) is 0 Å². The van der Waals surface area contributed by atoms with Crippen LogP contribution >= 0.6 is 22.9 Å². The fourth-order valence-electron chi connectivity index (χ4n) is 1.42. The molecule has 0 radical (unpaired) electrons. The summed E-state index contributed by atoms with van der Waals surface area (Å²) < 4.78 is 4.67. The molecule has 1 heterocycles. The van der Waals surface area contributed by atoms with Gasteiger partial charge in [0.25, 0.3) is 0 Å². The average Bonchev–Trinajstić information content (AvgIpc) is 2.74.